The molecule has 1 aromatic heterocycles. The van der Waals surface area contributed by atoms with Gasteiger partial charge in [0.2, 0.25) is 0 Å². The Bertz CT molecular complexity index is 394. The maximum Gasteiger partial charge on any atom is 0.0644 e. The second-order valence-corrected chi connectivity index (χ2v) is 5.19. The zero-order chi connectivity index (χ0) is 13.1. The Balaban J connectivity index is 2.28. The monoisotopic (exact) mass is 251 g/mol. The Hall–Kier alpha value is -0.870. The predicted octanol–water partition coefficient (Wildman–Crippen LogP) is 2.11. The summed E-state index contributed by atoms with van der Waals surface area (Å²) < 4.78 is 7.48. The maximum absolute atomic E-state index is 5.48. The molecular weight excluding hydrogens is 226 g/mol. The van der Waals surface area contributed by atoms with Crippen LogP contribution in [0, 0.1) is 19.8 Å². The van der Waals surface area contributed by atoms with Crippen molar-refractivity contribution in [2.45, 2.75) is 39.7 Å². The van der Waals surface area contributed by atoms with Crippen LogP contribution >= 0.6 is 0 Å². The Morgan fingerprint density at radius 2 is 2.06 bits per heavy atom. The number of aromatic nitrogens is 2. The van der Waals surface area contributed by atoms with Gasteiger partial charge in [-0.15, -0.1) is 0 Å². The second kappa shape index (κ2) is 5.85. The van der Waals surface area contributed by atoms with Crippen molar-refractivity contribution >= 4 is 0 Å². The maximum atomic E-state index is 5.48. The zero-order valence-corrected chi connectivity index (χ0v) is 12.0. The van der Waals surface area contributed by atoms with Gasteiger partial charge in [0.25, 0.3) is 0 Å². The lowest BCUT2D eigenvalue weighted by molar-refractivity contribution is 0.0536. The molecule has 102 valence electrons. The predicted molar refractivity (Wildman–Crippen MR) is 72.6 cm³/mol. The summed E-state index contributed by atoms with van der Waals surface area (Å²) in [6, 6.07) is 0.424. The van der Waals surface area contributed by atoms with E-state index in [4.69, 9.17) is 4.74 Å². The number of hydrogen-bond donors (Lipinski definition) is 1. The largest absolute Gasteiger partial charge is 0.381 e. The smallest absolute Gasteiger partial charge is 0.0644 e. The minimum absolute atomic E-state index is 0.424. The number of aryl methyl sites for hydroxylation is 2. The summed E-state index contributed by atoms with van der Waals surface area (Å²) in [4.78, 5) is 0. The standard InChI is InChI=1S/C14H25N3O/c1-5-15-14(12-6-8-18-9-7-12)13-10(2)16-17(4)11(13)3/h12,14-15H,5-9H2,1-4H3. The molecule has 0 saturated carbocycles. The fraction of sp³-hybridized carbons (Fsp3) is 0.786. The van der Waals surface area contributed by atoms with Crippen LogP contribution in [0.2, 0.25) is 0 Å². The first-order valence-electron chi connectivity index (χ1n) is 6.96. The van der Waals surface area contributed by atoms with Crippen LogP contribution in [0.3, 0.4) is 0 Å². The highest BCUT2D eigenvalue weighted by molar-refractivity contribution is 5.29. The van der Waals surface area contributed by atoms with Crippen molar-refractivity contribution in [3.63, 3.8) is 0 Å². The van der Waals surface area contributed by atoms with E-state index >= 15 is 0 Å². The Labute approximate surface area is 110 Å². The molecule has 0 aliphatic carbocycles. The molecule has 0 aromatic carbocycles. The molecule has 0 radical (unpaired) electrons. The Morgan fingerprint density at radius 3 is 2.56 bits per heavy atom. The normalized spacial score (nSPS) is 19.1. The summed E-state index contributed by atoms with van der Waals surface area (Å²) in [7, 11) is 2.03. The topological polar surface area (TPSA) is 39.1 Å². The van der Waals surface area contributed by atoms with E-state index in [0.717, 1.165) is 38.3 Å². The van der Waals surface area contributed by atoms with Crippen molar-refractivity contribution < 1.29 is 4.74 Å². The SMILES string of the molecule is CCNC(c1c(C)nn(C)c1C)C1CCOCC1. The molecule has 4 heteroatoms. The summed E-state index contributed by atoms with van der Waals surface area (Å²) in [5.41, 5.74) is 3.84. The van der Waals surface area contributed by atoms with E-state index < -0.39 is 0 Å². The summed E-state index contributed by atoms with van der Waals surface area (Å²) in [6.45, 7) is 9.24. The molecule has 0 bridgehead atoms. The summed E-state index contributed by atoms with van der Waals surface area (Å²) in [5.74, 6) is 0.667. The molecule has 18 heavy (non-hydrogen) atoms. The van der Waals surface area contributed by atoms with Gasteiger partial charge < -0.3 is 10.1 Å². The molecule has 1 aromatic rings. The van der Waals surface area contributed by atoms with Gasteiger partial charge in [0, 0.05) is 37.6 Å². The third-order valence-electron chi connectivity index (χ3n) is 4.04. The lowest BCUT2D eigenvalue weighted by atomic mass is 9.86. The summed E-state index contributed by atoms with van der Waals surface area (Å²) in [6.07, 6.45) is 2.29. The molecule has 1 fully saturated rings. The van der Waals surface area contributed by atoms with Crippen molar-refractivity contribution in [2.75, 3.05) is 19.8 Å². The minimum atomic E-state index is 0.424. The van der Waals surface area contributed by atoms with E-state index in [-0.39, 0.29) is 0 Å². The highest BCUT2D eigenvalue weighted by atomic mass is 16.5. The van der Waals surface area contributed by atoms with Crippen molar-refractivity contribution in [3.05, 3.63) is 17.0 Å². The van der Waals surface area contributed by atoms with Crippen LogP contribution in [0.25, 0.3) is 0 Å². The van der Waals surface area contributed by atoms with Gasteiger partial charge in [-0.2, -0.15) is 5.10 Å². The molecule has 1 atom stereocenters. The van der Waals surface area contributed by atoms with Crippen molar-refractivity contribution in [3.8, 4) is 0 Å². The van der Waals surface area contributed by atoms with E-state index in [1.165, 1.54) is 11.3 Å². The Morgan fingerprint density at radius 1 is 1.39 bits per heavy atom. The molecule has 1 saturated heterocycles. The molecule has 2 heterocycles. The van der Waals surface area contributed by atoms with Crippen molar-refractivity contribution in [2.24, 2.45) is 13.0 Å². The molecular formula is C14H25N3O. The fourth-order valence-corrected chi connectivity index (χ4v) is 3.01. The van der Waals surface area contributed by atoms with E-state index in [1.54, 1.807) is 0 Å². The lowest BCUT2D eigenvalue weighted by Crippen LogP contribution is -2.32. The molecule has 4 nitrogen and oxygen atoms in total. The van der Waals surface area contributed by atoms with Gasteiger partial charge in [-0.25, -0.2) is 0 Å². The quantitative estimate of drug-likeness (QED) is 0.891. The van der Waals surface area contributed by atoms with Crippen LogP contribution in [0.1, 0.15) is 42.8 Å². The summed E-state index contributed by atoms with van der Waals surface area (Å²) >= 11 is 0. The second-order valence-electron chi connectivity index (χ2n) is 5.19. The third-order valence-corrected chi connectivity index (χ3v) is 4.04. The fourth-order valence-electron chi connectivity index (χ4n) is 3.01. The molecule has 0 amide bonds. The average molecular weight is 251 g/mol. The number of rotatable bonds is 4. The van der Waals surface area contributed by atoms with Gasteiger partial charge in [-0.1, -0.05) is 6.92 Å². The highest BCUT2D eigenvalue weighted by Crippen LogP contribution is 2.33. The molecule has 2 rings (SSSR count). The van der Waals surface area contributed by atoms with E-state index in [9.17, 15) is 0 Å². The van der Waals surface area contributed by atoms with Crippen LogP contribution in [-0.2, 0) is 11.8 Å². The highest BCUT2D eigenvalue weighted by Gasteiger charge is 2.28. The van der Waals surface area contributed by atoms with Crippen molar-refractivity contribution in [1.29, 1.82) is 0 Å². The number of nitrogens with zero attached hydrogens (tertiary/aromatic N) is 2. The zero-order valence-electron chi connectivity index (χ0n) is 12.0. The molecule has 1 aliphatic heterocycles. The van der Waals surface area contributed by atoms with Crippen LogP contribution in [-0.4, -0.2) is 29.5 Å². The van der Waals surface area contributed by atoms with Gasteiger partial charge >= 0.3 is 0 Å². The van der Waals surface area contributed by atoms with Gasteiger partial charge in [-0.05, 0) is 39.2 Å². The molecule has 1 unspecified atom stereocenters. The average Bonchev–Trinajstić information content (AvgIpc) is 2.62. The van der Waals surface area contributed by atoms with E-state index in [1.807, 2.05) is 11.7 Å². The number of nitrogens with one attached hydrogen (secondary N) is 1. The first-order valence-corrected chi connectivity index (χ1v) is 6.96. The first-order chi connectivity index (χ1) is 8.65. The van der Waals surface area contributed by atoms with Gasteiger partial charge in [0.05, 0.1) is 5.69 Å². The molecule has 1 aliphatic rings. The summed E-state index contributed by atoms with van der Waals surface area (Å²) in [5, 5.41) is 8.21. The van der Waals surface area contributed by atoms with Crippen molar-refractivity contribution in [1.82, 2.24) is 15.1 Å². The lowest BCUT2D eigenvalue weighted by Gasteiger charge is -2.31. The van der Waals surface area contributed by atoms with Gasteiger partial charge in [0.1, 0.15) is 0 Å². The van der Waals surface area contributed by atoms with Crippen LogP contribution in [0.4, 0.5) is 0 Å². The third kappa shape index (κ3) is 2.59. The van der Waals surface area contributed by atoms with Gasteiger partial charge in [-0.3, -0.25) is 4.68 Å². The van der Waals surface area contributed by atoms with E-state index in [0.29, 0.717) is 12.0 Å². The van der Waals surface area contributed by atoms with E-state index in [2.05, 4.69) is 31.2 Å². The molecule has 1 N–H and O–H groups in total. The Kier molecular flexibility index (Phi) is 4.40. The van der Waals surface area contributed by atoms with Crippen LogP contribution in [0.15, 0.2) is 0 Å². The number of hydrogen-bond acceptors (Lipinski definition) is 3. The van der Waals surface area contributed by atoms with Crippen LogP contribution in [0.5, 0.6) is 0 Å². The minimum Gasteiger partial charge on any atom is -0.381 e. The number of ether oxygens (including phenoxy) is 1. The van der Waals surface area contributed by atoms with Gasteiger partial charge in [0.15, 0.2) is 0 Å². The van der Waals surface area contributed by atoms with Crippen LogP contribution < -0.4 is 5.32 Å². The molecule has 0 spiro atoms. The first kappa shape index (κ1) is 13.6.